The Morgan fingerprint density at radius 2 is 1.96 bits per heavy atom. The van der Waals surface area contributed by atoms with Crippen molar-refractivity contribution in [1.29, 1.82) is 0 Å². The second-order valence-corrected chi connectivity index (χ2v) is 7.80. The van der Waals surface area contributed by atoms with Crippen molar-refractivity contribution in [2.24, 2.45) is 10.9 Å². The van der Waals surface area contributed by atoms with Gasteiger partial charge in [-0.05, 0) is 51.5 Å². The molecular formula is C19H40IN5O. The first kappa shape index (κ1) is 25.4. The van der Waals surface area contributed by atoms with E-state index in [-0.39, 0.29) is 35.9 Å². The molecule has 7 heteroatoms. The lowest BCUT2D eigenvalue weighted by Crippen LogP contribution is -2.45. The molecule has 0 spiro atoms. The van der Waals surface area contributed by atoms with Crippen LogP contribution >= 0.6 is 24.0 Å². The summed E-state index contributed by atoms with van der Waals surface area (Å²) in [6.07, 6.45) is 5.50. The average molecular weight is 481 g/mol. The lowest BCUT2D eigenvalue weighted by Gasteiger charge is -2.26. The summed E-state index contributed by atoms with van der Waals surface area (Å²) in [6.45, 7) is 9.58. The van der Waals surface area contributed by atoms with E-state index in [4.69, 9.17) is 0 Å². The third kappa shape index (κ3) is 9.39. The second kappa shape index (κ2) is 13.6. The van der Waals surface area contributed by atoms with Gasteiger partial charge in [0.15, 0.2) is 5.96 Å². The molecule has 1 aliphatic rings. The van der Waals surface area contributed by atoms with Gasteiger partial charge in [-0.15, -0.1) is 24.0 Å². The standard InChI is InChI=1S/C19H39N5O.HI/c1-15(2)10-11-16(3)22-19(20-4)21-12-8-14-24-13-7-9-17(24)18(25)23(5)6;/h15-17H,7-14H2,1-6H3,(H2,20,21,22);1H. The topological polar surface area (TPSA) is 60.0 Å². The largest absolute Gasteiger partial charge is 0.356 e. The molecule has 0 radical (unpaired) electrons. The zero-order valence-electron chi connectivity index (χ0n) is 17.5. The Balaban J connectivity index is 0.00000625. The van der Waals surface area contributed by atoms with Gasteiger partial charge in [-0.25, -0.2) is 0 Å². The molecule has 26 heavy (non-hydrogen) atoms. The molecule has 0 bridgehead atoms. The molecule has 0 aliphatic carbocycles. The highest BCUT2D eigenvalue weighted by atomic mass is 127. The SMILES string of the molecule is CN=C(NCCCN1CCCC1C(=O)N(C)C)NC(C)CCC(C)C.I. The van der Waals surface area contributed by atoms with E-state index in [9.17, 15) is 4.79 Å². The Kier molecular flexibility index (Phi) is 13.3. The summed E-state index contributed by atoms with van der Waals surface area (Å²) < 4.78 is 0. The number of halogens is 1. The van der Waals surface area contributed by atoms with E-state index < -0.39 is 0 Å². The van der Waals surface area contributed by atoms with Crippen molar-refractivity contribution in [3.63, 3.8) is 0 Å². The summed E-state index contributed by atoms with van der Waals surface area (Å²) in [5.74, 6) is 1.85. The number of likely N-dealkylation sites (tertiary alicyclic amines) is 1. The Morgan fingerprint density at radius 1 is 1.27 bits per heavy atom. The fraction of sp³-hybridized carbons (Fsp3) is 0.895. The highest BCUT2D eigenvalue weighted by Crippen LogP contribution is 2.18. The molecule has 0 aromatic rings. The number of nitrogens with one attached hydrogen (secondary N) is 2. The summed E-state index contributed by atoms with van der Waals surface area (Å²) >= 11 is 0. The van der Waals surface area contributed by atoms with Crippen LogP contribution in [0.5, 0.6) is 0 Å². The number of carbonyl (C=O) groups is 1. The molecule has 0 aromatic carbocycles. The molecule has 2 unspecified atom stereocenters. The van der Waals surface area contributed by atoms with E-state index in [0.717, 1.165) is 57.2 Å². The molecule has 1 aliphatic heterocycles. The van der Waals surface area contributed by atoms with Crippen LogP contribution in [-0.2, 0) is 4.79 Å². The molecule has 2 atom stereocenters. The van der Waals surface area contributed by atoms with E-state index in [1.807, 2.05) is 21.1 Å². The van der Waals surface area contributed by atoms with Gasteiger partial charge in [0.2, 0.25) is 5.91 Å². The highest BCUT2D eigenvalue weighted by molar-refractivity contribution is 14.0. The minimum Gasteiger partial charge on any atom is -0.356 e. The number of aliphatic imine (C=N–C) groups is 1. The minimum absolute atomic E-state index is 0. The number of nitrogens with zero attached hydrogens (tertiary/aromatic N) is 3. The molecule has 1 saturated heterocycles. The number of rotatable bonds is 9. The zero-order chi connectivity index (χ0) is 18.8. The van der Waals surface area contributed by atoms with E-state index in [1.165, 1.54) is 6.42 Å². The highest BCUT2D eigenvalue weighted by Gasteiger charge is 2.30. The lowest BCUT2D eigenvalue weighted by molar-refractivity contribution is -0.133. The lowest BCUT2D eigenvalue weighted by atomic mass is 10.0. The van der Waals surface area contributed by atoms with E-state index in [1.54, 1.807) is 4.90 Å². The first-order valence-corrected chi connectivity index (χ1v) is 9.77. The molecule has 1 amide bonds. The number of guanidine groups is 1. The van der Waals surface area contributed by atoms with Crippen molar-refractivity contribution in [3.05, 3.63) is 0 Å². The number of carbonyl (C=O) groups excluding carboxylic acids is 1. The van der Waals surface area contributed by atoms with Crippen LogP contribution in [0.25, 0.3) is 0 Å². The van der Waals surface area contributed by atoms with Gasteiger partial charge in [0.1, 0.15) is 0 Å². The third-order valence-electron chi connectivity index (χ3n) is 4.79. The Hall–Kier alpha value is -0.570. The Labute approximate surface area is 177 Å². The number of hydrogen-bond acceptors (Lipinski definition) is 3. The minimum atomic E-state index is 0. The van der Waals surface area contributed by atoms with E-state index >= 15 is 0 Å². The van der Waals surface area contributed by atoms with Crippen LogP contribution < -0.4 is 10.6 Å². The third-order valence-corrected chi connectivity index (χ3v) is 4.79. The number of hydrogen-bond donors (Lipinski definition) is 2. The van der Waals surface area contributed by atoms with E-state index in [2.05, 4.69) is 41.3 Å². The first-order chi connectivity index (χ1) is 11.8. The Bertz CT molecular complexity index is 428. The van der Waals surface area contributed by atoms with Crippen molar-refractivity contribution < 1.29 is 4.79 Å². The monoisotopic (exact) mass is 481 g/mol. The summed E-state index contributed by atoms with van der Waals surface area (Å²) in [7, 11) is 5.50. The second-order valence-electron chi connectivity index (χ2n) is 7.80. The summed E-state index contributed by atoms with van der Waals surface area (Å²) in [6, 6.07) is 0.498. The van der Waals surface area contributed by atoms with Crippen molar-refractivity contribution in [1.82, 2.24) is 20.4 Å². The van der Waals surface area contributed by atoms with Gasteiger partial charge in [0.05, 0.1) is 6.04 Å². The van der Waals surface area contributed by atoms with Crippen molar-refractivity contribution in [2.45, 2.75) is 65.0 Å². The molecule has 1 heterocycles. The maximum absolute atomic E-state index is 12.2. The molecule has 6 nitrogen and oxygen atoms in total. The first-order valence-electron chi connectivity index (χ1n) is 9.77. The van der Waals surface area contributed by atoms with Crippen LogP contribution in [0.1, 0.15) is 52.9 Å². The Morgan fingerprint density at radius 3 is 2.54 bits per heavy atom. The molecule has 2 N–H and O–H groups in total. The fourth-order valence-electron chi connectivity index (χ4n) is 3.24. The predicted molar refractivity (Wildman–Crippen MR) is 121 cm³/mol. The zero-order valence-corrected chi connectivity index (χ0v) is 19.9. The number of likely N-dealkylation sites (N-methyl/N-ethyl adjacent to an activating group) is 1. The van der Waals surface area contributed by atoms with Gasteiger partial charge in [0.25, 0.3) is 0 Å². The average Bonchev–Trinajstić information content (AvgIpc) is 3.03. The molecule has 0 saturated carbocycles. The summed E-state index contributed by atoms with van der Waals surface area (Å²) in [4.78, 5) is 20.6. The van der Waals surface area contributed by atoms with Crippen molar-refractivity contribution >= 4 is 35.8 Å². The fourth-order valence-corrected chi connectivity index (χ4v) is 3.24. The van der Waals surface area contributed by atoms with Gasteiger partial charge in [-0.2, -0.15) is 0 Å². The van der Waals surface area contributed by atoms with Crippen molar-refractivity contribution in [3.8, 4) is 0 Å². The van der Waals surface area contributed by atoms with Crippen LogP contribution in [-0.4, -0.2) is 74.5 Å². The maximum atomic E-state index is 12.2. The molecular weight excluding hydrogens is 441 g/mol. The van der Waals surface area contributed by atoms with Gasteiger partial charge in [-0.1, -0.05) is 13.8 Å². The molecule has 1 rings (SSSR count). The van der Waals surface area contributed by atoms with Crippen LogP contribution in [0.4, 0.5) is 0 Å². The quantitative estimate of drug-likeness (QED) is 0.230. The van der Waals surface area contributed by atoms with Crippen LogP contribution in [0, 0.1) is 5.92 Å². The van der Waals surface area contributed by atoms with Crippen molar-refractivity contribution in [2.75, 3.05) is 40.8 Å². The molecule has 1 fully saturated rings. The van der Waals surface area contributed by atoms with Crippen LogP contribution in [0.15, 0.2) is 4.99 Å². The van der Waals surface area contributed by atoms with Crippen LogP contribution in [0.3, 0.4) is 0 Å². The molecule has 154 valence electrons. The predicted octanol–water partition coefficient (Wildman–Crippen LogP) is 2.54. The number of amides is 1. The van der Waals surface area contributed by atoms with Crippen LogP contribution in [0.2, 0.25) is 0 Å². The smallest absolute Gasteiger partial charge is 0.239 e. The normalized spacial score (nSPS) is 19.2. The van der Waals surface area contributed by atoms with Gasteiger partial charge >= 0.3 is 0 Å². The van der Waals surface area contributed by atoms with Gasteiger partial charge < -0.3 is 15.5 Å². The summed E-state index contributed by atoms with van der Waals surface area (Å²) in [5, 5.41) is 6.85. The molecule has 0 aromatic heterocycles. The maximum Gasteiger partial charge on any atom is 0.239 e. The van der Waals surface area contributed by atoms with Gasteiger partial charge in [0, 0.05) is 40.3 Å². The van der Waals surface area contributed by atoms with E-state index in [0.29, 0.717) is 6.04 Å². The summed E-state index contributed by atoms with van der Waals surface area (Å²) in [5.41, 5.74) is 0. The van der Waals surface area contributed by atoms with Gasteiger partial charge in [-0.3, -0.25) is 14.7 Å².